The van der Waals surface area contributed by atoms with E-state index in [0.717, 1.165) is 16.5 Å². The van der Waals surface area contributed by atoms with Crippen molar-refractivity contribution in [2.45, 2.75) is 6.42 Å². The molecule has 0 radical (unpaired) electrons. The van der Waals surface area contributed by atoms with E-state index in [2.05, 4.69) is 4.98 Å². The summed E-state index contributed by atoms with van der Waals surface area (Å²) in [7, 11) is 1.60. The third-order valence-corrected chi connectivity index (χ3v) is 3.44. The van der Waals surface area contributed by atoms with Crippen LogP contribution in [-0.2, 0) is 6.42 Å². The van der Waals surface area contributed by atoms with E-state index in [-0.39, 0.29) is 4.88 Å². The standard InChI is InChI=1S/C13H13NO4S/c1-17-9-3-2-4-10(7-9)18-6-5-12-14-8-11(19-12)13(15)16/h2-4,7-8H,5-6H2,1H3,(H,15,16). The van der Waals surface area contributed by atoms with Gasteiger partial charge in [0.05, 0.1) is 24.9 Å². The summed E-state index contributed by atoms with van der Waals surface area (Å²) in [6.07, 6.45) is 1.95. The topological polar surface area (TPSA) is 68.7 Å². The van der Waals surface area contributed by atoms with Gasteiger partial charge in [-0.3, -0.25) is 0 Å². The predicted molar refractivity (Wildman–Crippen MR) is 71.3 cm³/mol. The molecule has 1 heterocycles. The van der Waals surface area contributed by atoms with Gasteiger partial charge < -0.3 is 14.6 Å². The van der Waals surface area contributed by atoms with Gasteiger partial charge in [0.1, 0.15) is 16.4 Å². The van der Waals surface area contributed by atoms with E-state index in [4.69, 9.17) is 14.6 Å². The van der Waals surface area contributed by atoms with E-state index >= 15 is 0 Å². The van der Waals surface area contributed by atoms with Crippen molar-refractivity contribution in [3.05, 3.63) is 40.3 Å². The zero-order chi connectivity index (χ0) is 13.7. The van der Waals surface area contributed by atoms with Crippen molar-refractivity contribution in [1.29, 1.82) is 0 Å². The molecule has 2 aromatic rings. The Morgan fingerprint density at radius 3 is 2.89 bits per heavy atom. The molecule has 2 rings (SSSR count). The Morgan fingerprint density at radius 2 is 2.21 bits per heavy atom. The second-order valence-corrected chi connectivity index (χ2v) is 4.82. The minimum absolute atomic E-state index is 0.247. The van der Waals surface area contributed by atoms with Crippen LogP contribution in [0, 0.1) is 0 Å². The van der Waals surface area contributed by atoms with Crippen LogP contribution in [0.25, 0.3) is 0 Å². The molecule has 5 nitrogen and oxygen atoms in total. The van der Waals surface area contributed by atoms with Crippen molar-refractivity contribution in [2.24, 2.45) is 0 Å². The van der Waals surface area contributed by atoms with Gasteiger partial charge in [0.15, 0.2) is 0 Å². The zero-order valence-corrected chi connectivity index (χ0v) is 11.1. The van der Waals surface area contributed by atoms with Gasteiger partial charge in [-0.1, -0.05) is 6.07 Å². The van der Waals surface area contributed by atoms with Gasteiger partial charge in [-0.2, -0.15) is 0 Å². The van der Waals surface area contributed by atoms with Crippen LogP contribution in [0.3, 0.4) is 0 Å². The molecule has 0 atom stereocenters. The molecule has 100 valence electrons. The van der Waals surface area contributed by atoms with Gasteiger partial charge >= 0.3 is 5.97 Å². The van der Waals surface area contributed by atoms with Crippen molar-refractivity contribution in [2.75, 3.05) is 13.7 Å². The molecule has 19 heavy (non-hydrogen) atoms. The molecule has 0 aliphatic carbocycles. The minimum Gasteiger partial charge on any atom is -0.497 e. The van der Waals surface area contributed by atoms with Crippen LogP contribution in [0.1, 0.15) is 14.7 Å². The van der Waals surface area contributed by atoms with Crippen molar-refractivity contribution >= 4 is 17.3 Å². The molecule has 0 spiro atoms. The lowest BCUT2D eigenvalue weighted by molar-refractivity contribution is 0.0702. The van der Waals surface area contributed by atoms with Crippen LogP contribution >= 0.6 is 11.3 Å². The van der Waals surface area contributed by atoms with Crippen molar-refractivity contribution in [3.63, 3.8) is 0 Å². The highest BCUT2D eigenvalue weighted by Gasteiger charge is 2.08. The van der Waals surface area contributed by atoms with E-state index in [0.29, 0.717) is 13.0 Å². The number of benzene rings is 1. The summed E-state index contributed by atoms with van der Waals surface area (Å²) in [5.41, 5.74) is 0. The molecule has 0 saturated heterocycles. The Hall–Kier alpha value is -2.08. The molecule has 0 amide bonds. The molecule has 0 unspecified atom stereocenters. The fraction of sp³-hybridized carbons (Fsp3) is 0.231. The van der Waals surface area contributed by atoms with Crippen LogP contribution in [-0.4, -0.2) is 29.8 Å². The average Bonchev–Trinajstić information content (AvgIpc) is 2.88. The summed E-state index contributed by atoms with van der Waals surface area (Å²) >= 11 is 1.17. The second-order valence-electron chi connectivity index (χ2n) is 3.70. The van der Waals surface area contributed by atoms with Gasteiger partial charge in [-0.15, -0.1) is 11.3 Å². The number of aromatic nitrogens is 1. The molecular formula is C13H13NO4S. The van der Waals surface area contributed by atoms with Crippen LogP contribution < -0.4 is 9.47 Å². The Labute approximate surface area is 114 Å². The molecule has 1 aromatic heterocycles. The number of carboxylic acid groups (broad SMARTS) is 1. The first-order chi connectivity index (χ1) is 9.19. The summed E-state index contributed by atoms with van der Waals surface area (Å²) in [6, 6.07) is 7.32. The van der Waals surface area contributed by atoms with Crippen molar-refractivity contribution < 1.29 is 19.4 Å². The SMILES string of the molecule is COc1cccc(OCCc2ncc(C(=O)O)s2)c1. The first-order valence-corrected chi connectivity index (χ1v) is 6.45. The van der Waals surface area contributed by atoms with Crippen LogP contribution in [0.2, 0.25) is 0 Å². The van der Waals surface area contributed by atoms with Crippen LogP contribution in [0.15, 0.2) is 30.5 Å². The summed E-state index contributed by atoms with van der Waals surface area (Å²) < 4.78 is 10.7. The number of rotatable bonds is 6. The number of nitrogens with zero attached hydrogens (tertiary/aromatic N) is 1. The number of hydrogen-bond acceptors (Lipinski definition) is 5. The number of hydrogen-bond donors (Lipinski definition) is 1. The van der Waals surface area contributed by atoms with Gasteiger partial charge in [-0.25, -0.2) is 9.78 Å². The lowest BCUT2D eigenvalue weighted by Crippen LogP contribution is -2.01. The smallest absolute Gasteiger partial charge is 0.347 e. The van der Waals surface area contributed by atoms with E-state index in [1.54, 1.807) is 13.2 Å². The molecule has 6 heteroatoms. The number of carboxylic acids is 1. The molecule has 0 fully saturated rings. The summed E-state index contributed by atoms with van der Waals surface area (Å²) in [6.45, 7) is 0.444. The highest BCUT2D eigenvalue weighted by molar-refractivity contribution is 7.13. The predicted octanol–water partition coefficient (Wildman–Crippen LogP) is 2.47. The van der Waals surface area contributed by atoms with E-state index in [9.17, 15) is 4.79 Å². The molecule has 0 aliphatic heterocycles. The van der Waals surface area contributed by atoms with Crippen LogP contribution in [0.5, 0.6) is 11.5 Å². The first-order valence-electron chi connectivity index (χ1n) is 5.64. The third kappa shape index (κ3) is 3.69. The fourth-order valence-electron chi connectivity index (χ4n) is 1.47. The Kier molecular flexibility index (Phi) is 4.35. The molecule has 1 N–H and O–H groups in total. The monoisotopic (exact) mass is 279 g/mol. The quantitative estimate of drug-likeness (QED) is 0.879. The number of thiazole rings is 1. The fourth-order valence-corrected chi connectivity index (χ4v) is 2.21. The Morgan fingerprint density at radius 1 is 1.42 bits per heavy atom. The lowest BCUT2D eigenvalue weighted by Gasteiger charge is -2.06. The average molecular weight is 279 g/mol. The molecular weight excluding hydrogens is 266 g/mol. The number of ether oxygens (including phenoxy) is 2. The number of carbonyl (C=O) groups is 1. The lowest BCUT2D eigenvalue weighted by atomic mass is 10.3. The largest absolute Gasteiger partial charge is 0.497 e. The van der Waals surface area contributed by atoms with Gasteiger partial charge in [0, 0.05) is 12.5 Å². The van der Waals surface area contributed by atoms with Gasteiger partial charge in [0.25, 0.3) is 0 Å². The highest BCUT2D eigenvalue weighted by Crippen LogP contribution is 2.19. The maximum absolute atomic E-state index is 10.7. The minimum atomic E-state index is -0.947. The third-order valence-electron chi connectivity index (χ3n) is 2.39. The van der Waals surface area contributed by atoms with E-state index in [1.807, 2.05) is 18.2 Å². The van der Waals surface area contributed by atoms with Crippen LogP contribution in [0.4, 0.5) is 0 Å². The number of methoxy groups -OCH3 is 1. The summed E-state index contributed by atoms with van der Waals surface area (Å²) in [5, 5.41) is 9.53. The first kappa shape index (κ1) is 13.4. The molecule has 1 aromatic carbocycles. The van der Waals surface area contributed by atoms with E-state index < -0.39 is 5.97 Å². The normalized spacial score (nSPS) is 10.2. The molecule has 0 saturated carbocycles. The van der Waals surface area contributed by atoms with Crippen molar-refractivity contribution in [1.82, 2.24) is 4.98 Å². The zero-order valence-electron chi connectivity index (χ0n) is 10.3. The van der Waals surface area contributed by atoms with Gasteiger partial charge in [-0.05, 0) is 12.1 Å². The Bertz CT molecular complexity index is 567. The second kappa shape index (κ2) is 6.19. The summed E-state index contributed by atoms with van der Waals surface area (Å²) in [4.78, 5) is 15.0. The number of aromatic carboxylic acids is 1. The molecule has 0 aliphatic rings. The molecule has 0 bridgehead atoms. The maximum atomic E-state index is 10.7. The van der Waals surface area contributed by atoms with Gasteiger partial charge in [0.2, 0.25) is 0 Å². The summed E-state index contributed by atoms with van der Waals surface area (Å²) in [5.74, 6) is 0.506. The van der Waals surface area contributed by atoms with E-state index in [1.165, 1.54) is 17.5 Å². The van der Waals surface area contributed by atoms with Crippen molar-refractivity contribution in [3.8, 4) is 11.5 Å². The highest BCUT2D eigenvalue weighted by atomic mass is 32.1. The maximum Gasteiger partial charge on any atom is 0.347 e. The Balaban J connectivity index is 1.86.